The van der Waals surface area contributed by atoms with E-state index in [1.165, 1.54) is 20.3 Å². The number of hydrogen-bond acceptors (Lipinski definition) is 7. The highest BCUT2D eigenvalue weighted by Crippen LogP contribution is 2.37. The molecule has 2 aromatic rings. The molecule has 0 aliphatic heterocycles. The van der Waals surface area contributed by atoms with Gasteiger partial charge in [0.1, 0.15) is 0 Å². The molecule has 0 aliphatic rings. The van der Waals surface area contributed by atoms with Crippen LogP contribution in [-0.2, 0) is 25.5 Å². The molecule has 0 saturated carbocycles. The second-order valence-electron chi connectivity index (χ2n) is 6.79. The van der Waals surface area contributed by atoms with Crippen LogP contribution < -0.4 is 5.73 Å². The fourth-order valence-electron chi connectivity index (χ4n) is 3.41. The minimum Gasteiger partial charge on any atom is -0.469 e. The highest BCUT2D eigenvalue weighted by molar-refractivity contribution is 5.75. The molecule has 0 radical (unpaired) electrons. The number of nitro benzene ring substituents is 1. The van der Waals surface area contributed by atoms with Crippen molar-refractivity contribution in [1.82, 2.24) is 0 Å². The SMILES string of the molecule is COC(=O)CC(N)(CC(=O)OC)C(Cc1ccccc1[N+](=O)[O-])c1ccccc1. The summed E-state index contributed by atoms with van der Waals surface area (Å²) >= 11 is 0. The Morgan fingerprint density at radius 2 is 1.52 bits per heavy atom. The van der Waals surface area contributed by atoms with Gasteiger partial charge in [-0.25, -0.2) is 0 Å². The topological polar surface area (TPSA) is 122 Å². The second-order valence-corrected chi connectivity index (χ2v) is 6.79. The number of carbonyl (C=O) groups is 2. The first kappa shape index (κ1) is 22.0. The predicted octanol–water partition coefficient (Wildman–Crippen LogP) is 2.74. The average Bonchev–Trinajstić information content (AvgIpc) is 2.72. The van der Waals surface area contributed by atoms with E-state index in [0.717, 1.165) is 5.56 Å². The summed E-state index contributed by atoms with van der Waals surface area (Å²) < 4.78 is 9.56. The van der Waals surface area contributed by atoms with Gasteiger partial charge in [-0.3, -0.25) is 19.7 Å². The maximum Gasteiger partial charge on any atom is 0.307 e. The maximum atomic E-state index is 12.1. The van der Waals surface area contributed by atoms with Gasteiger partial charge >= 0.3 is 11.9 Å². The number of nitro groups is 1. The maximum absolute atomic E-state index is 12.1. The third kappa shape index (κ3) is 5.61. The van der Waals surface area contributed by atoms with Gasteiger partial charge in [0.2, 0.25) is 0 Å². The summed E-state index contributed by atoms with van der Waals surface area (Å²) in [4.78, 5) is 35.2. The van der Waals surface area contributed by atoms with Crippen molar-refractivity contribution in [1.29, 1.82) is 0 Å². The fourth-order valence-corrected chi connectivity index (χ4v) is 3.41. The van der Waals surface area contributed by atoms with E-state index < -0.39 is 28.3 Å². The van der Waals surface area contributed by atoms with E-state index >= 15 is 0 Å². The van der Waals surface area contributed by atoms with Crippen LogP contribution in [0.5, 0.6) is 0 Å². The number of esters is 2. The van der Waals surface area contributed by atoms with Crippen LogP contribution in [0.15, 0.2) is 54.6 Å². The molecule has 1 unspecified atom stereocenters. The molecule has 8 nitrogen and oxygen atoms in total. The van der Waals surface area contributed by atoms with Gasteiger partial charge < -0.3 is 15.2 Å². The average molecular weight is 400 g/mol. The van der Waals surface area contributed by atoms with Gasteiger partial charge in [-0.2, -0.15) is 0 Å². The van der Waals surface area contributed by atoms with Crippen LogP contribution in [0.2, 0.25) is 0 Å². The molecule has 0 aliphatic carbocycles. The number of para-hydroxylation sites is 1. The monoisotopic (exact) mass is 400 g/mol. The molecular formula is C21H24N2O6. The van der Waals surface area contributed by atoms with Crippen LogP contribution in [0.3, 0.4) is 0 Å². The van der Waals surface area contributed by atoms with E-state index in [1.807, 2.05) is 18.2 Å². The number of nitrogens with zero attached hydrogens (tertiary/aromatic N) is 1. The van der Waals surface area contributed by atoms with E-state index in [1.54, 1.807) is 30.3 Å². The lowest BCUT2D eigenvalue weighted by Gasteiger charge is -2.36. The van der Waals surface area contributed by atoms with Gasteiger partial charge in [-0.15, -0.1) is 0 Å². The number of methoxy groups -OCH3 is 2. The summed E-state index contributed by atoms with van der Waals surface area (Å²) in [6.07, 6.45) is -0.344. The Morgan fingerprint density at radius 1 is 1.00 bits per heavy atom. The molecule has 29 heavy (non-hydrogen) atoms. The Morgan fingerprint density at radius 3 is 2.03 bits per heavy atom. The summed E-state index contributed by atoms with van der Waals surface area (Å²) in [5.41, 5.74) is 6.42. The standard InChI is InChI=1S/C21H24N2O6/c1-28-19(24)13-21(22,14-20(25)29-2)17(15-8-4-3-5-9-15)12-16-10-6-7-11-18(16)23(26)27/h3-11,17H,12-14,22H2,1-2H3. The Kier molecular flexibility index (Phi) is 7.44. The summed E-state index contributed by atoms with van der Waals surface area (Å²) in [7, 11) is 2.47. The van der Waals surface area contributed by atoms with Gasteiger partial charge in [0, 0.05) is 23.1 Å². The largest absolute Gasteiger partial charge is 0.469 e. The fraction of sp³-hybridized carbons (Fsp3) is 0.333. The Balaban J connectivity index is 2.56. The summed E-state index contributed by atoms with van der Waals surface area (Å²) in [5, 5.41) is 11.5. The highest BCUT2D eigenvalue weighted by atomic mass is 16.6. The zero-order valence-corrected chi connectivity index (χ0v) is 16.4. The van der Waals surface area contributed by atoms with Crippen molar-refractivity contribution in [3.63, 3.8) is 0 Å². The van der Waals surface area contributed by atoms with Crippen molar-refractivity contribution in [2.24, 2.45) is 5.73 Å². The molecule has 2 N–H and O–H groups in total. The van der Waals surface area contributed by atoms with E-state index in [9.17, 15) is 19.7 Å². The molecule has 0 fully saturated rings. The molecule has 0 bridgehead atoms. The molecule has 0 aromatic heterocycles. The molecule has 154 valence electrons. The van der Waals surface area contributed by atoms with Crippen LogP contribution >= 0.6 is 0 Å². The molecule has 0 heterocycles. The molecule has 0 saturated heterocycles. The van der Waals surface area contributed by atoms with Crippen LogP contribution in [0.25, 0.3) is 0 Å². The molecular weight excluding hydrogens is 376 g/mol. The van der Waals surface area contributed by atoms with Gasteiger partial charge in [-0.1, -0.05) is 48.5 Å². The molecule has 1 atom stereocenters. The van der Waals surface area contributed by atoms with Crippen LogP contribution in [0, 0.1) is 10.1 Å². The number of ether oxygens (including phenoxy) is 2. The van der Waals surface area contributed by atoms with Crippen molar-refractivity contribution >= 4 is 17.6 Å². The van der Waals surface area contributed by atoms with Gasteiger partial charge in [0.25, 0.3) is 5.69 Å². The smallest absolute Gasteiger partial charge is 0.307 e. The van der Waals surface area contributed by atoms with E-state index in [2.05, 4.69) is 0 Å². The third-order valence-electron chi connectivity index (χ3n) is 4.91. The lowest BCUT2D eigenvalue weighted by molar-refractivity contribution is -0.385. The number of rotatable bonds is 9. The lowest BCUT2D eigenvalue weighted by Crippen LogP contribution is -2.50. The number of benzene rings is 2. The van der Waals surface area contributed by atoms with Crippen LogP contribution in [0.4, 0.5) is 5.69 Å². The molecule has 0 amide bonds. The Labute approximate surface area is 168 Å². The lowest BCUT2D eigenvalue weighted by atomic mass is 9.72. The molecule has 0 spiro atoms. The normalized spacial score (nSPS) is 12.1. The molecule has 8 heteroatoms. The quantitative estimate of drug-likeness (QED) is 0.390. The van der Waals surface area contributed by atoms with E-state index in [-0.39, 0.29) is 24.9 Å². The van der Waals surface area contributed by atoms with Gasteiger partial charge in [-0.05, 0) is 12.0 Å². The van der Waals surface area contributed by atoms with Gasteiger partial charge in [0.15, 0.2) is 0 Å². The van der Waals surface area contributed by atoms with Gasteiger partial charge in [0.05, 0.1) is 32.0 Å². The zero-order chi connectivity index (χ0) is 21.4. The Bertz CT molecular complexity index is 850. The first-order chi connectivity index (χ1) is 13.8. The molecule has 2 aromatic carbocycles. The van der Waals surface area contributed by atoms with Crippen molar-refractivity contribution in [3.8, 4) is 0 Å². The van der Waals surface area contributed by atoms with Crippen LogP contribution in [-0.4, -0.2) is 36.6 Å². The number of carbonyl (C=O) groups excluding carboxylic acids is 2. The van der Waals surface area contributed by atoms with Crippen molar-refractivity contribution in [2.75, 3.05) is 14.2 Å². The molecule has 2 rings (SSSR count). The third-order valence-corrected chi connectivity index (χ3v) is 4.91. The van der Waals surface area contributed by atoms with Crippen molar-refractivity contribution in [2.45, 2.75) is 30.7 Å². The summed E-state index contributed by atoms with van der Waals surface area (Å²) in [6, 6.07) is 15.4. The first-order valence-electron chi connectivity index (χ1n) is 9.00. The van der Waals surface area contributed by atoms with E-state index in [0.29, 0.717) is 5.56 Å². The Hall–Kier alpha value is -3.26. The van der Waals surface area contributed by atoms with E-state index in [4.69, 9.17) is 15.2 Å². The zero-order valence-electron chi connectivity index (χ0n) is 16.4. The highest BCUT2D eigenvalue weighted by Gasteiger charge is 2.41. The minimum atomic E-state index is -1.37. The summed E-state index contributed by atoms with van der Waals surface area (Å²) in [5.74, 6) is -1.75. The summed E-state index contributed by atoms with van der Waals surface area (Å²) in [6.45, 7) is 0. The first-order valence-corrected chi connectivity index (χ1v) is 9.00. The van der Waals surface area contributed by atoms with Crippen molar-refractivity contribution in [3.05, 3.63) is 75.8 Å². The predicted molar refractivity (Wildman–Crippen MR) is 106 cm³/mol. The van der Waals surface area contributed by atoms with Crippen LogP contribution in [0.1, 0.15) is 29.9 Å². The number of hydrogen-bond donors (Lipinski definition) is 1. The minimum absolute atomic E-state index is 0.0492. The second kappa shape index (κ2) is 9.79. The van der Waals surface area contributed by atoms with Crippen molar-refractivity contribution < 1.29 is 24.0 Å². The number of nitrogens with two attached hydrogens (primary N) is 1.